The molecule has 0 aromatic rings. The molecule has 4 aliphatic carbocycles. The van der Waals surface area contributed by atoms with E-state index in [1.165, 1.54) is 0 Å². The van der Waals surface area contributed by atoms with Crippen molar-refractivity contribution in [2.24, 2.45) is 23.2 Å². The molecular weight excluding hydrogens is 396 g/mol. The molecule has 0 spiro atoms. The lowest BCUT2D eigenvalue weighted by atomic mass is 9.58. The number of halogens is 4. The zero-order valence-corrected chi connectivity index (χ0v) is 15.1. The second-order valence-electron chi connectivity index (χ2n) is 8.02. The summed E-state index contributed by atoms with van der Waals surface area (Å²) in [5.41, 5.74) is -0.981. The molecule has 4 saturated carbocycles. The largest absolute Gasteiger partial charge is 0.743 e. The molecule has 4 unspecified atom stereocenters. The summed E-state index contributed by atoms with van der Waals surface area (Å²) in [5.74, 6) is -5.99. The van der Waals surface area contributed by atoms with Gasteiger partial charge in [-0.2, -0.15) is 17.6 Å². The highest BCUT2D eigenvalue weighted by Gasteiger charge is 2.61. The maximum Gasteiger partial charge on any atom is 0.396 e. The van der Waals surface area contributed by atoms with E-state index < -0.39 is 45.7 Å². The maximum atomic E-state index is 13.5. The van der Waals surface area contributed by atoms with Crippen LogP contribution in [-0.2, 0) is 24.4 Å². The highest BCUT2D eigenvalue weighted by atomic mass is 32.2. The van der Waals surface area contributed by atoms with Crippen LogP contribution in [0.25, 0.3) is 0 Å². The summed E-state index contributed by atoms with van der Waals surface area (Å²) < 4.78 is 89.1. The van der Waals surface area contributed by atoms with Gasteiger partial charge in [-0.25, -0.2) is 8.42 Å². The molecule has 0 aromatic heterocycles. The van der Waals surface area contributed by atoms with Crippen LogP contribution < -0.4 is 0 Å². The molecule has 0 heterocycles. The van der Waals surface area contributed by atoms with Gasteiger partial charge in [0.2, 0.25) is 0 Å². The fourth-order valence-electron chi connectivity index (χ4n) is 4.99. The third kappa shape index (κ3) is 3.48. The van der Waals surface area contributed by atoms with Gasteiger partial charge < -0.3 is 9.29 Å². The molecule has 0 aliphatic heterocycles. The van der Waals surface area contributed by atoms with E-state index in [1.807, 2.05) is 0 Å². The minimum absolute atomic E-state index is 0.0210. The molecular formula is C16H19F4O6S-. The van der Waals surface area contributed by atoms with E-state index in [4.69, 9.17) is 4.74 Å². The molecule has 4 atom stereocenters. The number of alkyl halides is 4. The summed E-state index contributed by atoms with van der Waals surface area (Å²) in [6.45, 7) is -1.15. The van der Waals surface area contributed by atoms with Crippen molar-refractivity contribution in [1.82, 2.24) is 0 Å². The van der Waals surface area contributed by atoms with Crippen molar-refractivity contribution in [3.8, 4) is 0 Å². The van der Waals surface area contributed by atoms with E-state index in [1.54, 1.807) is 0 Å². The first-order chi connectivity index (χ1) is 12.3. The third-order valence-corrected chi connectivity index (χ3v) is 6.97. The van der Waals surface area contributed by atoms with Gasteiger partial charge in [0.1, 0.15) is 5.78 Å². The van der Waals surface area contributed by atoms with Crippen molar-refractivity contribution in [3.05, 3.63) is 0 Å². The van der Waals surface area contributed by atoms with E-state index in [2.05, 4.69) is 0 Å². The Balaban J connectivity index is 1.66. The number of rotatable bonds is 6. The number of hydrogen-bond donors (Lipinski definition) is 0. The number of esters is 1. The third-order valence-electron chi connectivity index (χ3n) is 6.05. The zero-order valence-electron chi connectivity index (χ0n) is 14.3. The molecule has 0 amide bonds. The Labute approximate surface area is 153 Å². The second-order valence-corrected chi connectivity index (χ2v) is 9.45. The lowest BCUT2D eigenvalue weighted by molar-refractivity contribution is -0.182. The van der Waals surface area contributed by atoms with Gasteiger partial charge in [-0.1, -0.05) is 0 Å². The lowest BCUT2D eigenvalue weighted by Gasteiger charge is -2.45. The van der Waals surface area contributed by atoms with Gasteiger partial charge in [0.05, 0.1) is 18.4 Å². The Kier molecular flexibility index (Phi) is 4.86. The van der Waals surface area contributed by atoms with E-state index in [0.717, 1.165) is 6.42 Å². The molecule has 4 aliphatic rings. The van der Waals surface area contributed by atoms with Crippen molar-refractivity contribution < 1.29 is 44.9 Å². The molecule has 11 heteroatoms. The summed E-state index contributed by atoms with van der Waals surface area (Å²) in [7, 11) is -6.57. The second kappa shape index (κ2) is 6.40. The number of ether oxygens (including phenoxy) is 1. The van der Waals surface area contributed by atoms with E-state index in [9.17, 15) is 40.1 Å². The highest BCUT2D eigenvalue weighted by Crippen LogP contribution is 2.57. The molecule has 154 valence electrons. The number of fused-ring (bicyclic) bond motifs is 1. The van der Waals surface area contributed by atoms with Crippen LogP contribution in [0.4, 0.5) is 17.6 Å². The van der Waals surface area contributed by atoms with Crippen LogP contribution in [0, 0.1) is 23.2 Å². The number of ketones is 1. The fraction of sp³-hybridized carbons (Fsp3) is 0.875. The average Bonchev–Trinajstić information content (AvgIpc) is 2.68. The predicted molar refractivity (Wildman–Crippen MR) is 80.8 cm³/mol. The van der Waals surface area contributed by atoms with Gasteiger partial charge in [-0.05, 0) is 43.9 Å². The summed E-state index contributed by atoms with van der Waals surface area (Å²) in [5, 5.41) is -5.79. The predicted octanol–water partition coefficient (Wildman–Crippen LogP) is 2.48. The molecule has 4 rings (SSSR count). The van der Waals surface area contributed by atoms with E-state index >= 15 is 0 Å². The van der Waals surface area contributed by atoms with E-state index in [-0.39, 0.29) is 30.0 Å². The average molecular weight is 415 g/mol. The van der Waals surface area contributed by atoms with Crippen molar-refractivity contribution in [3.63, 3.8) is 0 Å². The van der Waals surface area contributed by atoms with Gasteiger partial charge in [-0.15, -0.1) is 0 Å². The first kappa shape index (κ1) is 20.5. The Morgan fingerprint density at radius 3 is 2.41 bits per heavy atom. The molecule has 6 nitrogen and oxygen atoms in total. The summed E-state index contributed by atoms with van der Waals surface area (Å²) in [6.07, 6.45) is 1.22. The topological polar surface area (TPSA) is 101 Å². The standard InChI is InChI=1S/C16H20F4O6S/c17-15(18,16(19,20)27(23,24)25)1-2-26-13(22)14-6-9-3-10(7-14)5-12(21)11(4-9)8-14/h9-11H,1-8H2,(H,23,24,25)/p-1. The van der Waals surface area contributed by atoms with Crippen LogP contribution in [0.2, 0.25) is 0 Å². The van der Waals surface area contributed by atoms with Crippen LogP contribution in [0.15, 0.2) is 0 Å². The molecule has 0 saturated heterocycles. The van der Waals surface area contributed by atoms with Crippen molar-refractivity contribution in [2.45, 2.75) is 56.1 Å². The van der Waals surface area contributed by atoms with Gasteiger partial charge in [0, 0.05) is 12.3 Å². The Morgan fingerprint density at radius 1 is 1.15 bits per heavy atom. The maximum absolute atomic E-state index is 13.5. The molecule has 4 fully saturated rings. The monoisotopic (exact) mass is 415 g/mol. The molecule has 0 N–H and O–H groups in total. The minimum atomic E-state index is -6.57. The van der Waals surface area contributed by atoms with Crippen LogP contribution in [0.5, 0.6) is 0 Å². The van der Waals surface area contributed by atoms with Gasteiger partial charge in [0.15, 0.2) is 10.1 Å². The van der Waals surface area contributed by atoms with E-state index in [0.29, 0.717) is 25.7 Å². The van der Waals surface area contributed by atoms with Crippen molar-refractivity contribution >= 4 is 21.9 Å². The summed E-state index contributed by atoms with van der Waals surface area (Å²) in [6, 6.07) is 0. The summed E-state index contributed by atoms with van der Waals surface area (Å²) >= 11 is 0. The first-order valence-corrected chi connectivity index (χ1v) is 10.1. The number of hydrogen-bond acceptors (Lipinski definition) is 6. The van der Waals surface area contributed by atoms with Crippen LogP contribution in [0.1, 0.15) is 44.9 Å². The minimum Gasteiger partial charge on any atom is -0.743 e. The van der Waals surface area contributed by atoms with Gasteiger partial charge >= 0.3 is 17.1 Å². The lowest BCUT2D eigenvalue weighted by Crippen LogP contribution is -2.48. The SMILES string of the molecule is O=C1CC2CC3CC1CC(C(=O)OCCC(F)(F)C(F)(F)S(=O)(=O)[O-])(C2)C3. The summed E-state index contributed by atoms with van der Waals surface area (Å²) in [4.78, 5) is 24.7. The van der Waals surface area contributed by atoms with Crippen LogP contribution in [0.3, 0.4) is 0 Å². The zero-order chi connectivity index (χ0) is 20.3. The van der Waals surface area contributed by atoms with Crippen molar-refractivity contribution in [2.75, 3.05) is 6.61 Å². The van der Waals surface area contributed by atoms with Crippen LogP contribution in [-0.4, -0.2) is 42.5 Å². The van der Waals surface area contributed by atoms with Crippen LogP contribution >= 0.6 is 0 Å². The van der Waals surface area contributed by atoms with Crippen molar-refractivity contribution in [1.29, 1.82) is 0 Å². The first-order valence-electron chi connectivity index (χ1n) is 8.68. The molecule has 27 heavy (non-hydrogen) atoms. The quantitative estimate of drug-likeness (QED) is 0.375. The number of carbonyl (C=O) groups is 2. The molecule has 4 bridgehead atoms. The normalized spacial score (nSPS) is 33.8. The Bertz CT molecular complexity index is 752. The smallest absolute Gasteiger partial charge is 0.396 e. The highest BCUT2D eigenvalue weighted by molar-refractivity contribution is 7.86. The Hall–Kier alpha value is -1.23. The number of carbonyl (C=O) groups excluding carboxylic acids is 2. The van der Waals surface area contributed by atoms with Gasteiger partial charge in [-0.3, -0.25) is 9.59 Å². The molecule has 0 radical (unpaired) electrons. The Morgan fingerprint density at radius 2 is 1.78 bits per heavy atom. The number of Topliss-reactive ketones (excluding diaryl/α,β-unsaturated/α-hetero) is 1. The molecule has 0 aromatic carbocycles. The fourth-order valence-corrected chi connectivity index (χ4v) is 5.45. The van der Waals surface area contributed by atoms with Gasteiger partial charge in [0.25, 0.3) is 0 Å².